The van der Waals surface area contributed by atoms with E-state index in [4.69, 9.17) is 16.3 Å². The number of fused-ring (bicyclic) bond motifs is 1. The van der Waals surface area contributed by atoms with E-state index >= 15 is 0 Å². The standard InChI is InChI=1S/C15H18ClNO2/c16-15(18)11-2-4-13(5-3-11)19-9-1-7-17-8-6-12-10-14(12)17/h2-5,12,14H,1,6-10H2/t12-,14+/m0/s1. The van der Waals surface area contributed by atoms with E-state index in [2.05, 4.69) is 4.90 Å². The Hall–Kier alpha value is -1.06. The third-order valence-corrected chi connectivity index (χ3v) is 4.30. The number of rotatable bonds is 6. The quantitative estimate of drug-likeness (QED) is 0.592. The monoisotopic (exact) mass is 279 g/mol. The van der Waals surface area contributed by atoms with Gasteiger partial charge >= 0.3 is 0 Å². The minimum Gasteiger partial charge on any atom is -0.494 e. The molecule has 0 N–H and O–H groups in total. The number of hydrogen-bond donors (Lipinski definition) is 0. The predicted octanol–water partition coefficient (Wildman–Crippen LogP) is 2.93. The van der Waals surface area contributed by atoms with Crippen molar-refractivity contribution in [2.45, 2.75) is 25.3 Å². The summed E-state index contributed by atoms with van der Waals surface area (Å²) >= 11 is 5.39. The third kappa shape index (κ3) is 3.10. The molecule has 2 fully saturated rings. The van der Waals surface area contributed by atoms with Crippen molar-refractivity contribution in [1.29, 1.82) is 0 Å². The van der Waals surface area contributed by atoms with Gasteiger partial charge in [-0.15, -0.1) is 0 Å². The van der Waals surface area contributed by atoms with Gasteiger partial charge in [0, 0.05) is 18.2 Å². The first-order valence-corrected chi connectivity index (χ1v) is 7.28. The van der Waals surface area contributed by atoms with Crippen LogP contribution < -0.4 is 4.74 Å². The van der Waals surface area contributed by atoms with Gasteiger partial charge in [0.1, 0.15) is 5.75 Å². The van der Waals surface area contributed by atoms with E-state index in [-0.39, 0.29) is 0 Å². The highest BCUT2D eigenvalue weighted by atomic mass is 35.5. The van der Waals surface area contributed by atoms with Gasteiger partial charge in [0.15, 0.2) is 0 Å². The fourth-order valence-electron chi connectivity index (χ4n) is 2.90. The number of likely N-dealkylation sites (tertiary alicyclic amines) is 1. The lowest BCUT2D eigenvalue weighted by Gasteiger charge is -2.17. The molecule has 2 atom stereocenters. The Kier molecular flexibility index (Phi) is 3.76. The molecule has 19 heavy (non-hydrogen) atoms. The van der Waals surface area contributed by atoms with Crippen LogP contribution in [0.3, 0.4) is 0 Å². The molecular weight excluding hydrogens is 262 g/mol. The first-order valence-electron chi connectivity index (χ1n) is 6.91. The number of ether oxygens (including phenoxy) is 1. The van der Waals surface area contributed by atoms with Gasteiger partial charge in [-0.2, -0.15) is 0 Å². The maximum Gasteiger partial charge on any atom is 0.252 e. The summed E-state index contributed by atoms with van der Waals surface area (Å²) in [7, 11) is 0. The molecule has 0 bridgehead atoms. The molecule has 0 unspecified atom stereocenters. The number of halogens is 1. The number of nitrogens with zero attached hydrogens (tertiary/aromatic N) is 1. The number of piperidine rings is 1. The van der Waals surface area contributed by atoms with E-state index in [1.165, 1.54) is 19.4 Å². The second-order valence-corrected chi connectivity index (χ2v) is 5.73. The van der Waals surface area contributed by atoms with Crippen molar-refractivity contribution >= 4 is 16.8 Å². The smallest absolute Gasteiger partial charge is 0.252 e. The Morgan fingerprint density at radius 3 is 2.74 bits per heavy atom. The normalized spacial score (nSPS) is 25.1. The van der Waals surface area contributed by atoms with Crippen LogP contribution in [0.15, 0.2) is 24.3 Å². The lowest BCUT2D eigenvalue weighted by Crippen LogP contribution is -2.25. The number of carbonyl (C=O) groups is 1. The third-order valence-electron chi connectivity index (χ3n) is 4.08. The van der Waals surface area contributed by atoms with Gasteiger partial charge in [-0.1, -0.05) is 0 Å². The van der Waals surface area contributed by atoms with Crippen molar-refractivity contribution in [2.24, 2.45) is 5.92 Å². The molecule has 0 aromatic heterocycles. The minimum atomic E-state index is -0.431. The molecule has 1 heterocycles. The molecule has 0 amide bonds. The fourth-order valence-corrected chi connectivity index (χ4v) is 3.03. The lowest BCUT2D eigenvalue weighted by atomic mass is 10.2. The van der Waals surface area contributed by atoms with Gasteiger partial charge in [-0.25, -0.2) is 0 Å². The van der Waals surface area contributed by atoms with E-state index in [9.17, 15) is 4.79 Å². The number of carbonyl (C=O) groups excluding carboxylic acids is 1. The summed E-state index contributed by atoms with van der Waals surface area (Å²) in [6.45, 7) is 3.13. The number of benzene rings is 1. The molecule has 0 radical (unpaired) electrons. The zero-order valence-corrected chi connectivity index (χ0v) is 11.6. The van der Waals surface area contributed by atoms with E-state index in [0.29, 0.717) is 5.56 Å². The van der Waals surface area contributed by atoms with Crippen molar-refractivity contribution in [3.63, 3.8) is 0 Å². The molecule has 3 rings (SSSR count). The summed E-state index contributed by atoms with van der Waals surface area (Å²) in [5.74, 6) is 1.80. The van der Waals surface area contributed by atoms with E-state index in [1.54, 1.807) is 24.3 Å². The average Bonchev–Trinajstić information content (AvgIpc) is 3.09. The molecule has 0 spiro atoms. The van der Waals surface area contributed by atoms with Crippen LogP contribution >= 0.6 is 11.6 Å². The van der Waals surface area contributed by atoms with Gasteiger partial charge in [0.25, 0.3) is 5.24 Å². The zero-order valence-electron chi connectivity index (χ0n) is 10.8. The van der Waals surface area contributed by atoms with E-state index < -0.39 is 5.24 Å². The van der Waals surface area contributed by atoms with Crippen molar-refractivity contribution < 1.29 is 9.53 Å². The highest BCUT2D eigenvalue weighted by Crippen LogP contribution is 2.44. The lowest BCUT2D eigenvalue weighted by molar-refractivity contribution is 0.108. The highest BCUT2D eigenvalue weighted by Gasteiger charge is 2.46. The molecule has 1 saturated heterocycles. The van der Waals surface area contributed by atoms with Gasteiger partial charge in [0.05, 0.1) is 6.61 Å². The molecule has 1 saturated carbocycles. The van der Waals surface area contributed by atoms with Crippen LogP contribution in [0.25, 0.3) is 0 Å². The first kappa shape index (κ1) is 12.9. The summed E-state index contributed by atoms with van der Waals surface area (Å²) < 4.78 is 5.67. The molecular formula is C15H18ClNO2. The molecule has 1 aromatic rings. The Labute approximate surface area is 118 Å². The minimum absolute atomic E-state index is 0.431. The Balaban J connectivity index is 1.38. The molecule has 1 aliphatic carbocycles. The van der Waals surface area contributed by atoms with Crippen LogP contribution in [-0.4, -0.2) is 35.9 Å². The van der Waals surface area contributed by atoms with E-state index in [0.717, 1.165) is 37.3 Å². The average molecular weight is 280 g/mol. The molecule has 4 heteroatoms. The van der Waals surface area contributed by atoms with Gasteiger partial charge < -0.3 is 4.74 Å². The summed E-state index contributed by atoms with van der Waals surface area (Å²) in [5, 5.41) is -0.431. The van der Waals surface area contributed by atoms with Crippen LogP contribution in [-0.2, 0) is 0 Å². The topological polar surface area (TPSA) is 29.5 Å². The van der Waals surface area contributed by atoms with Crippen molar-refractivity contribution in [3.8, 4) is 5.75 Å². The molecule has 3 nitrogen and oxygen atoms in total. The summed E-state index contributed by atoms with van der Waals surface area (Å²) in [6, 6.07) is 7.86. The molecule has 2 aliphatic rings. The second-order valence-electron chi connectivity index (χ2n) is 5.39. The predicted molar refractivity (Wildman–Crippen MR) is 74.8 cm³/mol. The first-order chi connectivity index (χ1) is 9.24. The van der Waals surface area contributed by atoms with Gasteiger partial charge in [-0.05, 0) is 67.6 Å². The van der Waals surface area contributed by atoms with Crippen LogP contribution in [0.1, 0.15) is 29.6 Å². The van der Waals surface area contributed by atoms with Gasteiger partial charge in [-0.3, -0.25) is 9.69 Å². The zero-order chi connectivity index (χ0) is 13.2. The molecule has 102 valence electrons. The van der Waals surface area contributed by atoms with Crippen LogP contribution in [0, 0.1) is 5.92 Å². The molecule has 1 aliphatic heterocycles. The van der Waals surface area contributed by atoms with Crippen LogP contribution in [0.5, 0.6) is 5.75 Å². The maximum absolute atomic E-state index is 10.9. The maximum atomic E-state index is 10.9. The Bertz CT molecular complexity index is 460. The number of hydrogen-bond acceptors (Lipinski definition) is 3. The van der Waals surface area contributed by atoms with Gasteiger partial charge in [0.2, 0.25) is 0 Å². The van der Waals surface area contributed by atoms with Crippen molar-refractivity contribution in [3.05, 3.63) is 29.8 Å². The summed E-state index contributed by atoms with van der Waals surface area (Å²) in [4.78, 5) is 13.5. The van der Waals surface area contributed by atoms with E-state index in [1.807, 2.05) is 0 Å². The highest BCUT2D eigenvalue weighted by molar-refractivity contribution is 6.67. The second kappa shape index (κ2) is 5.51. The Morgan fingerprint density at radius 1 is 1.37 bits per heavy atom. The van der Waals surface area contributed by atoms with Crippen LogP contribution in [0.2, 0.25) is 0 Å². The molecule has 1 aromatic carbocycles. The summed E-state index contributed by atoms with van der Waals surface area (Å²) in [6.07, 6.45) is 3.85. The van der Waals surface area contributed by atoms with Crippen LogP contribution in [0.4, 0.5) is 0 Å². The Morgan fingerprint density at radius 2 is 2.16 bits per heavy atom. The fraction of sp³-hybridized carbons (Fsp3) is 0.533. The largest absolute Gasteiger partial charge is 0.494 e. The SMILES string of the molecule is O=C(Cl)c1ccc(OCCCN2CC[C@H]3C[C@H]32)cc1. The van der Waals surface area contributed by atoms with Crippen molar-refractivity contribution in [2.75, 3.05) is 19.7 Å². The van der Waals surface area contributed by atoms with Crippen molar-refractivity contribution in [1.82, 2.24) is 4.90 Å². The summed E-state index contributed by atoms with van der Waals surface area (Å²) in [5.41, 5.74) is 0.505.